The predicted molar refractivity (Wildman–Crippen MR) is 88.6 cm³/mol. The summed E-state index contributed by atoms with van der Waals surface area (Å²) in [6.45, 7) is 0. The summed E-state index contributed by atoms with van der Waals surface area (Å²) in [4.78, 5) is 23.9. The number of halogens is 3. The molecule has 0 aliphatic carbocycles. The highest BCUT2D eigenvalue weighted by Gasteiger charge is 2.30. The predicted octanol–water partition coefficient (Wildman–Crippen LogP) is 2.54. The molecule has 0 fully saturated rings. The molecule has 0 saturated heterocycles. The molecule has 0 radical (unpaired) electrons. The minimum absolute atomic E-state index is 0.00993. The molecule has 0 aromatic heterocycles. The van der Waals surface area contributed by atoms with Gasteiger partial charge in [-0.05, 0) is 35.9 Å². The van der Waals surface area contributed by atoms with Crippen molar-refractivity contribution in [1.29, 1.82) is 0 Å². The lowest BCUT2D eigenvalue weighted by Crippen LogP contribution is -2.45. The van der Waals surface area contributed by atoms with E-state index in [4.69, 9.17) is 10.5 Å². The molecular formula is C18H17F3N2O3. The number of methoxy groups -OCH3 is 1. The molecule has 138 valence electrons. The van der Waals surface area contributed by atoms with Crippen molar-refractivity contribution in [2.45, 2.75) is 18.6 Å². The molecule has 2 rings (SSSR count). The molecule has 2 amide bonds. The highest BCUT2D eigenvalue weighted by Crippen LogP contribution is 2.29. The zero-order valence-electron chi connectivity index (χ0n) is 13.8. The van der Waals surface area contributed by atoms with Gasteiger partial charge in [0.25, 0.3) is 5.91 Å². The zero-order chi connectivity index (χ0) is 19.3. The van der Waals surface area contributed by atoms with Crippen LogP contribution in [0.25, 0.3) is 0 Å². The van der Waals surface area contributed by atoms with Crippen LogP contribution in [0.1, 0.15) is 21.5 Å². The van der Waals surface area contributed by atoms with Crippen molar-refractivity contribution >= 4 is 11.8 Å². The Morgan fingerprint density at radius 1 is 1.12 bits per heavy atom. The van der Waals surface area contributed by atoms with Crippen molar-refractivity contribution < 1.29 is 27.5 Å². The fourth-order valence-electron chi connectivity index (χ4n) is 2.37. The fraction of sp³-hybridized carbons (Fsp3) is 0.222. The van der Waals surface area contributed by atoms with Crippen LogP contribution in [0.5, 0.6) is 5.75 Å². The molecule has 0 aliphatic rings. The number of carbonyl (C=O) groups excluding carboxylic acids is 2. The van der Waals surface area contributed by atoms with E-state index >= 15 is 0 Å². The van der Waals surface area contributed by atoms with Gasteiger partial charge in [0.15, 0.2) is 0 Å². The Bertz CT molecular complexity index is 789. The largest absolute Gasteiger partial charge is 0.496 e. The van der Waals surface area contributed by atoms with Crippen LogP contribution in [0.15, 0.2) is 48.5 Å². The maximum Gasteiger partial charge on any atom is 0.416 e. The first-order valence-corrected chi connectivity index (χ1v) is 7.61. The van der Waals surface area contributed by atoms with Gasteiger partial charge in [-0.15, -0.1) is 0 Å². The van der Waals surface area contributed by atoms with Gasteiger partial charge < -0.3 is 15.8 Å². The van der Waals surface area contributed by atoms with Crippen molar-refractivity contribution in [1.82, 2.24) is 5.32 Å². The lowest BCUT2D eigenvalue weighted by molar-refractivity contribution is -0.137. The minimum Gasteiger partial charge on any atom is -0.496 e. The molecule has 0 spiro atoms. The van der Waals surface area contributed by atoms with Crippen LogP contribution in [-0.2, 0) is 17.4 Å². The van der Waals surface area contributed by atoms with Crippen LogP contribution < -0.4 is 15.8 Å². The van der Waals surface area contributed by atoms with Gasteiger partial charge in [0.2, 0.25) is 5.91 Å². The molecule has 1 atom stereocenters. The van der Waals surface area contributed by atoms with Gasteiger partial charge in [0.05, 0.1) is 12.7 Å². The van der Waals surface area contributed by atoms with Crippen molar-refractivity contribution in [3.8, 4) is 5.75 Å². The number of nitrogens with one attached hydrogen (secondary N) is 1. The van der Waals surface area contributed by atoms with Crippen LogP contribution in [0.3, 0.4) is 0 Å². The summed E-state index contributed by atoms with van der Waals surface area (Å²) in [5.41, 5.74) is 5.12. The number of hydrogen-bond acceptors (Lipinski definition) is 3. The van der Waals surface area contributed by atoms with E-state index in [0.29, 0.717) is 11.3 Å². The number of primary amides is 1. The number of benzene rings is 2. The quantitative estimate of drug-likeness (QED) is 0.824. The Balaban J connectivity index is 2.14. The minimum atomic E-state index is -4.49. The van der Waals surface area contributed by atoms with E-state index in [9.17, 15) is 22.8 Å². The first kappa shape index (κ1) is 19.3. The van der Waals surface area contributed by atoms with E-state index in [1.807, 2.05) is 0 Å². The normalized spacial score (nSPS) is 12.3. The van der Waals surface area contributed by atoms with Crippen molar-refractivity contribution in [3.05, 3.63) is 65.2 Å². The summed E-state index contributed by atoms with van der Waals surface area (Å²) in [5, 5.41) is 2.44. The van der Waals surface area contributed by atoms with Crippen LogP contribution in [0.2, 0.25) is 0 Å². The fourth-order valence-corrected chi connectivity index (χ4v) is 2.37. The first-order chi connectivity index (χ1) is 12.2. The second-order valence-corrected chi connectivity index (χ2v) is 5.52. The maximum atomic E-state index is 12.6. The van der Waals surface area contributed by atoms with Crippen LogP contribution in [0.4, 0.5) is 13.2 Å². The molecule has 26 heavy (non-hydrogen) atoms. The lowest BCUT2D eigenvalue weighted by Gasteiger charge is -2.17. The molecule has 0 heterocycles. The Labute approximate surface area is 148 Å². The van der Waals surface area contributed by atoms with Gasteiger partial charge in [-0.25, -0.2) is 0 Å². The van der Waals surface area contributed by atoms with Gasteiger partial charge in [-0.2, -0.15) is 13.2 Å². The smallest absolute Gasteiger partial charge is 0.416 e. The molecule has 0 aliphatic heterocycles. The van der Waals surface area contributed by atoms with E-state index in [2.05, 4.69) is 5.32 Å². The summed E-state index contributed by atoms with van der Waals surface area (Å²) < 4.78 is 42.9. The molecule has 0 bridgehead atoms. The summed E-state index contributed by atoms with van der Waals surface area (Å²) >= 11 is 0. The third-order valence-corrected chi connectivity index (χ3v) is 3.74. The second-order valence-electron chi connectivity index (χ2n) is 5.52. The Hall–Kier alpha value is -3.03. The standard InChI is InChI=1S/C18H17F3N2O3/c1-26-15-5-3-2-4-12(15)10-14(16(22)24)23-17(25)11-6-8-13(9-7-11)18(19,20)21/h2-9,14H,10H2,1H3,(H2,22,24)(H,23,25)/t14-/m1/s1. The maximum absolute atomic E-state index is 12.6. The number of hydrogen-bond donors (Lipinski definition) is 2. The van der Waals surface area contributed by atoms with Crippen LogP contribution in [0, 0.1) is 0 Å². The van der Waals surface area contributed by atoms with E-state index < -0.39 is 29.6 Å². The number of rotatable bonds is 6. The Kier molecular flexibility index (Phi) is 5.86. The topological polar surface area (TPSA) is 81.4 Å². The van der Waals surface area contributed by atoms with Gasteiger partial charge in [0.1, 0.15) is 11.8 Å². The zero-order valence-corrected chi connectivity index (χ0v) is 13.8. The molecule has 2 aromatic carbocycles. The third-order valence-electron chi connectivity index (χ3n) is 3.74. The second kappa shape index (κ2) is 7.90. The molecule has 5 nitrogen and oxygen atoms in total. The summed E-state index contributed by atoms with van der Waals surface area (Å²) in [5.74, 6) is -0.934. The number of alkyl halides is 3. The molecule has 8 heteroatoms. The van der Waals surface area contributed by atoms with Crippen molar-refractivity contribution in [2.75, 3.05) is 7.11 Å². The summed E-state index contributed by atoms with van der Waals surface area (Å²) in [7, 11) is 1.47. The van der Waals surface area contributed by atoms with E-state index in [1.54, 1.807) is 24.3 Å². The first-order valence-electron chi connectivity index (χ1n) is 7.61. The number of amides is 2. The highest BCUT2D eigenvalue weighted by atomic mass is 19.4. The monoisotopic (exact) mass is 366 g/mol. The molecule has 2 aromatic rings. The lowest BCUT2D eigenvalue weighted by atomic mass is 10.0. The number of para-hydroxylation sites is 1. The molecule has 0 unspecified atom stereocenters. The average molecular weight is 366 g/mol. The van der Waals surface area contributed by atoms with Gasteiger partial charge in [-0.3, -0.25) is 9.59 Å². The summed E-state index contributed by atoms with van der Waals surface area (Å²) in [6.07, 6.45) is -4.40. The summed E-state index contributed by atoms with van der Waals surface area (Å²) in [6, 6.07) is 9.56. The van der Waals surface area contributed by atoms with E-state index in [-0.39, 0.29) is 12.0 Å². The van der Waals surface area contributed by atoms with Crippen molar-refractivity contribution in [3.63, 3.8) is 0 Å². The van der Waals surface area contributed by atoms with Gasteiger partial charge in [0, 0.05) is 12.0 Å². The number of carbonyl (C=O) groups is 2. The average Bonchev–Trinajstić information content (AvgIpc) is 2.60. The molecular weight excluding hydrogens is 349 g/mol. The molecule has 0 saturated carbocycles. The van der Waals surface area contributed by atoms with Gasteiger partial charge in [-0.1, -0.05) is 18.2 Å². The Morgan fingerprint density at radius 3 is 2.27 bits per heavy atom. The number of ether oxygens (including phenoxy) is 1. The highest BCUT2D eigenvalue weighted by molar-refractivity contribution is 5.97. The van der Waals surface area contributed by atoms with Gasteiger partial charge >= 0.3 is 6.18 Å². The van der Waals surface area contributed by atoms with Crippen LogP contribution >= 0.6 is 0 Å². The third kappa shape index (κ3) is 4.75. The van der Waals surface area contributed by atoms with Crippen molar-refractivity contribution in [2.24, 2.45) is 5.73 Å². The van der Waals surface area contributed by atoms with E-state index in [1.165, 1.54) is 7.11 Å². The van der Waals surface area contributed by atoms with E-state index in [0.717, 1.165) is 24.3 Å². The van der Waals surface area contributed by atoms with Crippen LogP contribution in [-0.4, -0.2) is 25.0 Å². The number of nitrogens with two attached hydrogens (primary N) is 1. The Morgan fingerprint density at radius 2 is 1.73 bits per heavy atom. The SMILES string of the molecule is COc1ccccc1C[C@@H](NC(=O)c1ccc(C(F)(F)F)cc1)C(N)=O. The molecule has 3 N–H and O–H groups in total.